The predicted molar refractivity (Wildman–Crippen MR) is 71.7 cm³/mol. The fraction of sp³-hybridized carbons (Fsp3) is 0.929. The van der Waals surface area contributed by atoms with Gasteiger partial charge in [0.1, 0.15) is 0 Å². The maximum Gasteiger partial charge on any atom is 0.303 e. The molecule has 1 rings (SSSR count). The van der Waals surface area contributed by atoms with Crippen LogP contribution in [0.2, 0.25) is 0 Å². The zero-order valence-corrected chi connectivity index (χ0v) is 12.1. The van der Waals surface area contributed by atoms with Gasteiger partial charge in [-0.2, -0.15) is 0 Å². The molecule has 0 aliphatic carbocycles. The molecule has 0 radical (unpaired) electrons. The van der Waals surface area contributed by atoms with Crippen LogP contribution in [0.1, 0.15) is 46.5 Å². The van der Waals surface area contributed by atoms with E-state index in [4.69, 9.17) is 9.84 Å². The van der Waals surface area contributed by atoms with Gasteiger partial charge in [-0.3, -0.25) is 4.79 Å². The number of hydrogen-bond donors (Lipinski definition) is 1. The van der Waals surface area contributed by atoms with Crippen molar-refractivity contribution in [1.82, 2.24) is 4.90 Å². The summed E-state index contributed by atoms with van der Waals surface area (Å²) in [6.07, 6.45) is 3.34. The van der Waals surface area contributed by atoms with Gasteiger partial charge in [-0.15, -0.1) is 0 Å². The first-order valence-corrected chi connectivity index (χ1v) is 6.85. The molecule has 1 N–H and O–H groups in total. The molecular formula is C14H27NO3. The Morgan fingerprint density at radius 2 is 2.00 bits per heavy atom. The maximum absolute atomic E-state index is 10.7. The van der Waals surface area contributed by atoms with Crippen molar-refractivity contribution in [3.63, 3.8) is 0 Å². The van der Waals surface area contributed by atoms with Crippen LogP contribution in [0.4, 0.5) is 0 Å². The number of rotatable bonds is 6. The van der Waals surface area contributed by atoms with Gasteiger partial charge in [0, 0.05) is 19.6 Å². The highest BCUT2D eigenvalue weighted by Gasteiger charge is 2.28. The number of carboxylic acid groups (broad SMARTS) is 1. The molecule has 1 aliphatic rings. The minimum absolute atomic E-state index is 0.0860. The van der Waals surface area contributed by atoms with Crippen LogP contribution in [-0.2, 0) is 9.53 Å². The Labute approximate surface area is 110 Å². The molecule has 1 fully saturated rings. The van der Waals surface area contributed by atoms with Crippen molar-refractivity contribution >= 4 is 5.97 Å². The molecule has 4 heteroatoms. The van der Waals surface area contributed by atoms with Crippen LogP contribution in [0.3, 0.4) is 0 Å². The van der Waals surface area contributed by atoms with Crippen LogP contribution in [0.25, 0.3) is 0 Å². The van der Waals surface area contributed by atoms with Crippen molar-refractivity contribution < 1.29 is 14.6 Å². The molecule has 0 aromatic carbocycles. The average molecular weight is 257 g/mol. The molecule has 0 spiro atoms. The van der Waals surface area contributed by atoms with Gasteiger partial charge in [0.15, 0.2) is 0 Å². The SMILES string of the molecule is COC(C)(C)CC(C)N1CCC(CC(=O)O)CC1. The zero-order chi connectivity index (χ0) is 13.8. The third-order valence-electron chi connectivity index (χ3n) is 4.08. The fourth-order valence-electron chi connectivity index (χ4n) is 2.77. The highest BCUT2D eigenvalue weighted by molar-refractivity contribution is 5.67. The lowest BCUT2D eigenvalue weighted by atomic mass is 9.91. The van der Waals surface area contributed by atoms with Crippen molar-refractivity contribution in [3.8, 4) is 0 Å². The number of ether oxygens (including phenoxy) is 1. The van der Waals surface area contributed by atoms with Crippen molar-refractivity contribution in [2.75, 3.05) is 20.2 Å². The summed E-state index contributed by atoms with van der Waals surface area (Å²) in [5.74, 6) is -0.302. The largest absolute Gasteiger partial charge is 0.481 e. The molecule has 1 aliphatic heterocycles. The lowest BCUT2D eigenvalue weighted by Gasteiger charge is -2.38. The van der Waals surface area contributed by atoms with E-state index in [1.165, 1.54) is 0 Å². The van der Waals surface area contributed by atoms with Gasteiger partial charge in [-0.05, 0) is 59.0 Å². The summed E-state index contributed by atoms with van der Waals surface area (Å²) in [7, 11) is 1.76. The summed E-state index contributed by atoms with van der Waals surface area (Å²) in [6.45, 7) is 8.48. The standard InChI is InChI=1S/C14H27NO3/c1-11(10-14(2,3)18-4)15-7-5-12(6-8-15)9-13(16)17/h11-12H,5-10H2,1-4H3,(H,16,17). The van der Waals surface area contributed by atoms with Crippen molar-refractivity contribution in [3.05, 3.63) is 0 Å². The third kappa shape index (κ3) is 4.94. The average Bonchev–Trinajstić information content (AvgIpc) is 2.28. The molecule has 106 valence electrons. The highest BCUT2D eigenvalue weighted by Crippen LogP contribution is 2.25. The molecule has 18 heavy (non-hydrogen) atoms. The Morgan fingerprint density at radius 1 is 1.44 bits per heavy atom. The first-order valence-electron chi connectivity index (χ1n) is 6.85. The van der Waals surface area contributed by atoms with Crippen molar-refractivity contribution in [2.45, 2.75) is 58.1 Å². The summed E-state index contributed by atoms with van der Waals surface area (Å²) in [5.41, 5.74) is -0.0860. The zero-order valence-electron chi connectivity index (χ0n) is 12.1. The number of nitrogens with zero attached hydrogens (tertiary/aromatic N) is 1. The smallest absolute Gasteiger partial charge is 0.303 e. The van der Waals surface area contributed by atoms with Crippen LogP contribution >= 0.6 is 0 Å². The van der Waals surface area contributed by atoms with E-state index in [2.05, 4.69) is 25.7 Å². The molecule has 0 saturated carbocycles. The highest BCUT2D eigenvalue weighted by atomic mass is 16.5. The van der Waals surface area contributed by atoms with E-state index in [0.29, 0.717) is 18.4 Å². The van der Waals surface area contributed by atoms with E-state index < -0.39 is 5.97 Å². The number of aliphatic carboxylic acids is 1. The van der Waals surface area contributed by atoms with Gasteiger partial charge in [-0.1, -0.05) is 0 Å². The molecule has 4 nitrogen and oxygen atoms in total. The van der Waals surface area contributed by atoms with Gasteiger partial charge in [0.05, 0.1) is 5.60 Å². The first kappa shape index (κ1) is 15.4. The van der Waals surface area contributed by atoms with Gasteiger partial charge < -0.3 is 14.7 Å². The second-order valence-electron chi connectivity index (χ2n) is 6.09. The summed E-state index contributed by atoms with van der Waals surface area (Å²) >= 11 is 0. The van der Waals surface area contributed by atoms with Crippen molar-refractivity contribution in [1.29, 1.82) is 0 Å². The van der Waals surface area contributed by atoms with Crippen LogP contribution in [0.15, 0.2) is 0 Å². The Bertz CT molecular complexity index is 270. The molecule has 1 heterocycles. The van der Waals surface area contributed by atoms with Crippen LogP contribution in [0.5, 0.6) is 0 Å². The predicted octanol–water partition coefficient (Wildman–Crippen LogP) is 2.38. The molecule has 0 bridgehead atoms. The minimum Gasteiger partial charge on any atom is -0.481 e. The Kier molecular flexibility index (Phi) is 5.60. The molecule has 0 aromatic heterocycles. The maximum atomic E-state index is 10.7. The van der Waals surface area contributed by atoms with Gasteiger partial charge in [0.25, 0.3) is 0 Å². The van der Waals surface area contributed by atoms with Gasteiger partial charge >= 0.3 is 5.97 Å². The number of carboxylic acids is 1. The molecule has 0 amide bonds. The van der Waals surface area contributed by atoms with E-state index in [-0.39, 0.29) is 5.60 Å². The van der Waals surface area contributed by atoms with E-state index in [0.717, 1.165) is 32.4 Å². The number of likely N-dealkylation sites (tertiary alicyclic amines) is 1. The first-order chi connectivity index (χ1) is 8.34. The van der Waals surface area contributed by atoms with E-state index in [1.54, 1.807) is 7.11 Å². The molecule has 1 unspecified atom stereocenters. The van der Waals surface area contributed by atoms with Gasteiger partial charge in [-0.25, -0.2) is 0 Å². The van der Waals surface area contributed by atoms with E-state index in [9.17, 15) is 4.79 Å². The Hall–Kier alpha value is -0.610. The monoisotopic (exact) mass is 257 g/mol. The Balaban J connectivity index is 2.36. The van der Waals surface area contributed by atoms with Gasteiger partial charge in [0.2, 0.25) is 0 Å². The number of hydrogen-bond acceptors (Lipinski definition) is 3. The number of carbonyl (C=O) groups is 1. The normalized spacial score (nSPS) is 20.9. The second-order valence-corrected chi connectivity index (χ2v) is 6.09. The van der Waals surface area contributed by atoms with E-state index >= 15 is 0 Å². The molecule has 1 atom stereocenters. The molecule has 0 aromatic rings. The minimum atomic E-state index is -0.665. The summed E-state index contributed by atoms with van der Waals surface area (Å²) in [5, 5.41) is 8.80. The third-order valence-corrected chi connectivity index (χ3v) is 4.08. The summed E-state index contributed by atoms with van der Waals surface area (Å²) in [4.78, 5) is 13.1. The number of piperidine rings is 1. The molecule has 1 saturated heterocycles. The lowest BCUT2D eigenvalue weighted by molar-refractivity contribution is -0.138. The fourth-order valence-corrected chi connectivity index (χ4v) is 2.77. The van der Waals surface area contributed by atoms with Crippen molar-refractivity contribution in [2.24, 2.45) is 5.92 Å². The van der Waals surface area contributed by atoms with Crippen LogP contribution < -0.4 is 0 Å². The summed E-state index contributed by atoms with van der Waals surface area (Å²) < 4.78 is 5.47. The topological polar surface area (TPSA) is 49.8 Å². The number of methoxy groups -OCH3 is 1. The molecular weight excluding hydrogens is 230 g/mol. The lowest BCUT2D eigenvalue weighted by Crippen LogP contribution is -2.43. The van der Waals surface area contributed by atoms with Crippen LogP contribution in [0, 0.1) is 5.92 Å². The second kappa shape index (κ2) is 6.53. The quantitative estimate of drug-likeness (QED) is 0.793. The summed E-state index contributed by atoms with van der Waals surface area (Å²) in [6, 6.07) is 0.491. The Morgan fingerprint density at radius 3 is 2.44 bits per heavy atom. The van der Waals surface area contributed by atoms with E-state index in [1.807, 2.05) is 0 Å². The van der Waals surface area contributed by atoms with Crippen LogP contribution in [-0.4, -0.2) is 47.8 Å².